The fourth-order valence-corrected chi connectivity index (χ4v) is 31.0. The van der Waals surface area contributed by atoms with Gasteiger partial charge in [-0.2, -0.15) is 0 Å². The summed E-state index contributed by atoms with van der Waals surface area (Å²) in [6.07, 6.45) is 16.3. The van der Waals surface area contributed by atoms with E-state index in [1.807, 2.05) is 13.8 Å². The number of rotatable bonds is 10. The number of hydrogen-bond acceptors (Lipinski definition) is 2. The lowest BCUT2D eigenvalue weighted by Crippen LogP contribution is -2.77. The largest absolute Gasteiger partial charge is 0.309 e. The van der Waals surface area contributed by atoms with Crippen LogP contribution >= 0.6 is 0 Å². The minimum atomic E-state index is -0.127. The molecule has 98 heavy (non-hydrogen) atoms. The number of fused-ring (bicyclic) bond motifs is 18. The average molecular weight is 1280 g/mol. The van der Waals surface area contributed by atoms with Gasteiger partial charge in [0.2, 0.25) is 0 Å². The van der Waals surface area contributed by atoms with E-state index >= 15 is 0 Å². The standard InChI is InChI=1S/C94H92N2.C2H6/c1-8-90(9-2,10-3)64-48-81(95-79-33-31-60(56-23-15-11-16-24-56)39-73(79)92(76-41-62(35-52(4)85(76)95)58-27-19-13-20-28-58)65-43-69-68-37-55-38-75-84(92)83(69)91(75,50-55)71(68)45-65)54(6)82(49-64)96-80-34-32-61(57-25-17-12-18-26-57)40-74(80)94(77-42-63(36-53(5)86(77)96)59-29-21-14-22-30-59)67-44-70-72-46-66-47-78-88(94)89(7,51-67)87(70)93(66,72)78;1-2/h11-36,39-42,48-49,55,65-72,75,78,83-84,87-88H,8-10,37-38,43-47,50-51H2,1-7H3;1-2H3. The molecule has 9 aromatic carbocycles. The highest BCUT2D eigenvalue weighted by Crippen LogP contribution is 2.98. The summed E-state index contributed by atoms with van der Waals surface area (Å²) in [6.45, 7) is 22.0. The first kappa shape index (κ1) is 58.4. The van der Waals surface area contributed by atoms with E-state index in [1.165, 1.54) is 159 Å². The van der Waals surface area contributed by atoms with Crippen LogP contribution < -0.4 is 9.80 Å². The van der Waals surface area contributed by atoms with Gasteiger partial charge in [0, 0.05) is 10.8 Å². The second-order valence-electron chi connectivity index (χ2n) is 35.3. The molecule has 2 aliphatic heterocycles. The monoisotopic (exact) mass is 1280 g/mol. The van der Waals surface area contributed by atoms with Crippen molar-refractivity contribution in [2.45, 2.75) is 156 Å². The first-order chi connectivity index (χ1) is 47.9. The lowest BCUT2D eigenvalue weighted by atomic mass is 9.22. The zero-order valence-corrected chi connectivity index (χ0v) is 59.5. The van der Waals surface area contributed by atoms with Crippen LogP contribution in [0.3, 0.4) is 0 Å². The highest BCUT2D eigenvalue weighted by molar-refractivity contribution is 5.98. The van der Waals surface area contributed by atoms with Crippen LogP contribution in [0.25, 0.3) is 44.5 Å². The minimum absolute atomic E-state index is 0.0360. The fourth-order valence-electron chi connectivity index (χ4n) is 31.0. The molecule has 20 atom stereocenters. The maximum atomic E-state index is 2.95. The highest BCUT2D eigenvalue weighted by Gasteiger charge is 2.93. The maximum absolute atomic E-state index is 2.95. The Hall–Kier alpha value is -7.42. The quantitative estimate of drug-likeness (QED) is 0.135. The minimum Gasteiger partial charge on any atom is -0.309 e. The molecule has 0 saturated heterocycles. The number of benzene rings is 9. The smallest absolute Gasteiger partial charge is 0.0532 e. The first-order valence-electron chi connectivity index (χ1n) is 39.5. The molecule has 2 heteroatoms. The Morgan fingerprint density at radius 1 is 0.388 bits per heavy atom. The van der Waals surface area contributed by atoms with Gasteiger partial charge in [-0.1, -0.05) is 175 Å². The summed E-state index contributed by atoms with van der Waals surface area (Å²) in [5.41, 5.74) is 33.0. The van der Waals surface area contributed by atoms with Crippen molar-refractivity contribution in [3.63, 3.8) is 0 Å². The predicted molar refractivity (Wildman–Crippen MR) is 404 cm³/mol. The van der Waals surface area contributed by atoms with Crippen LogP contribution in [0.2, 0.25) is 0 Å². The summed E-state index contributed by atoms with van der Waals surface area (Å²) < 4.78 is 0. The molecule has 0 N–H and O–H groups in total. The third-order valence-electron chi connectivity index (χ3n) is 33.4. The van der Waals surface area contributed by atoms with Crippen molar-refractivity contribution in [3.05, 3.63) is 239 Å². The van der Waals surface area contributed by atoms with E-state index in [-0.39, 0.29) is 16.2 Å². The van der Waals surface area contributed by atoms with E-state index in [4.69, 9.17) is 0 Å². The van der Waals surface area contributed by atoms with Crippen molar-refractivity contribution in [1.29, 1.82) is 0 Å². The molecule has 23 rings (SSSR count). The van der Waals surface area contributed by atoms with Crippen LogP contribution in [-0.2, 0) is 16.2 Å². The van der Waals surface area contributed by atoms with Gasteiger partial charge in [0.25, 0.3) is 0 Å². The summed E-state index contributed by atoms with van der Waals surface area (Å²) in [6, 6.07) is 78.7. The number of anilines is 6. The molecule has 9 aromatic rings. The Morgan fingerprint density at radius 3 is 1.42 bits per heavy atom. The Balaban J connectivity index is 0.00000305. The van der Waals surface area contributed by atoms with E-state index in [2.05, 4.69) is 252 Å². The Kier molecular flexibility index (Phi) is 11.7. The van der Waals surface area contributed by atoms with Crippen molar-refractivity contribution in [2.24, 2.45) is 105 Å². The summed E-state index contributed by atoms with van der Waals surface area (Å²) in [5, 5.41) is 0. The van der Waals surface area contributed by atoms with Crippen LogP contribution in [-0.4, -0.2) is 0 Å². The second kappa shape index (κ2) is 19.6. The number of hydrogen-bond donors (Lipinski definition) is 0. The Morgan fingerprint density at radius 2 is 0.878 bits per heavy atom. The first-order valence-corrected chi connectivity index (χ1v) is 39.5. The van der Waals surface area contributed by atoms with Gasteiger partial charge in [-0.25, -0.2) is 0 Å². The van der Waals surface area contributed by atoms with Crippen molar-refractivity contribution in [2.75, 3.05) is 9.80 Å². The molecular formula is C96H98N2. The van der Waals surface area contributed by atoms with Gasteiger partial charge < -0.3 is 9.80 Å². The molecule has 492 valence electrons. The zero-order chi connectivity index (χ0) is 65.6. The Labute approximate surface area is 584 Å². The normalized spacial score (nSPS) is 37.1. The van der Waals surface area contributed by atoms with Crippen molar-refractivity contribution in [1.82, 2.24) is 0 Å². The van der Waals surface area contributed by atoms with Crippen LogP contribution in [0, 0.1) is 126 Å². The molecule has 2 heterocycles. The Bertz CT molecular complexity index is 4860. The van der Waals surface area contributed by atoms with E-state index in [9.17, 15) is 0 Å². The summed E-state index contributed by atoms with van der Waals surface area (Å²) in [5.74, 6) is 12.3. The SMILES string of the molecule is CC.CCC(CC)(CC)c1cc(N2c3ccc(-c4ccccc4)cc3C3(c4cc(-c5ccccc5)cc(C)c42)C2CC4C5CC6CC7C3C4C7(C6)C5C2)c(C)c(N2c3ccc(-c4ccccc4)cc3C3(c4cc(-c5ccccc5)cc(C)c42)C2CC4C5CC6CC7C3C(C)(C2)C4C657)c1. The number of aryl methyl sites for hydroxylation is 2. The molecular weight excluding hydrogens is 1180 g/mol. The van der Waals surface area contributed by atoms with E-state index in [0.29, 0.717) is 39.9 Å². The fraction of sp³-hybridized carbons (Fsp3) is 0.438. The van der Waals surface area contributed by atoms with Crippen molar-refractivity contribution in [3.8, 4) is 44.5 Å². The summed E-state index contributed by atoms with van der Waals surface area (Å²) >= 11 is 0. The molecule has 12 saturated carbocycles. The van der Waals surface area contributed by atoms with E-state index in [1.54, 1.807) is 22.3 Å². The van der Waals surface area contributed by atoms with Crippen molar-refractivity contribution >= 4 is 34.1 Å². The van der Waals surface area contributed by atoms with Gasteiger partial charge in [0.05, 0.1) is 34.1 Å². The van der Waals surface area contributed by atoms with E-state index in [0.717, 1.165) is 84.4 Å². The lowest BCUT2D eigenvalue weighted by molar-refractivity contribution is -0.343. The summed E-state index contributed by atoms with van der Waals surface area (Å²) in [7, 11) is 0. The zero-order valence-electron chi connectivity index (χ0n) is 59.5. The van der Waals surface area contributed by atoms with Gasteiger partial charge in [-0.15, -0.1) is 0 Å². The van der Waals surface area contributed by atoms with Gasteiger partial charge in [0.15, 0.2) is 0 Å². The van der Waals surface area contributed by atoms with Crippen LogP contribution in [0.5, 0.6) is 0 Å². The van der Waals surface area contributed by atoms with Gasteiger partial charge >= 0.3 is 0 Å². The van der Waals surface area contributed by atoms with Crippen molar-refractivity contribution < 1.29 is 0 Å². The van der Waals surface area contributed by atoms with Gasteiger partial charge in [0.1, 0.15) is 0 Å². The third-order valence-corrected chi connectivity index (χ3v) is 33.4. The molecule has 14 aliphatic rings. The predicted octanol–water partition coefficient (Wildman–Crippen LogP) is 24.8. The molecule has 4 spiro atoms. The molecule has 0 radical (unpaired) electrons. The molecule has 8 bridgehead atoms. The molecule has 2 nitrogen and oxygen atoms in total. The average Bonchev–Trinajstić information content (AvgIpc) is 1.41. The molecule has 20 unspecified atom stereocenters. The highest BCUT2D eigenvalue weighted by atomic mass is 15.2. The number of nitrogens with zero attached hydrogens (tertiary/aromatic N) is 2. The van der Waals surface area contributed by atoms with E-state index < -0.39 is 0 Å². The molecule has 0 amide bonds. The van der Waals surface area contributed by atoms with Crippen LogP contribution in [0.15, 0.2) is 194 Å². The van der Waals surface area contributed by atoms with Gasteiger partial charge in [-0.3, -0.25) is 0 Å². The molecule has 0 aromatic heterocycles. The second-order valence-corrected chi connectivity index (χ2v) is 35.3. The maximum Gasteiger partial charge on any atom is 0.0532 e. The third kappa shape index (κ3) is 6.41. The summed E-state index contributed by atoms with van der Waals surface area (Å²) in [4.78, 5) is 5.90. The molecule has 12 fully saturated rings. The molecule has 12 aliphatic carbocycles. The topological polar surface area (TPSA) is 6.48 Å². The van der Waals surface area contributed by atoms with Crippen LogP contribution in [0.1, 0.15) is 163 Å². The van der Waals surface area contributed by atoms with Crippen LogP contribution in [0.4, 0.5) is 34.1 Å². The van der Waals surface area contributed by atoms with Gasteiger partial charge in [-0.05, 0) is 358 Å². The lowest BCUT2D eigenvalue weighted by Gasteiger charge is -2.82.